The first-order valence-corrected chi connectivity index (χ1v) is 6.76. The first-order valence-electron chi connectivity index (χ1n) is 9.76. The zero-order chi connectivity index (χ0) is 21.2. The fourth-order valence-electron chi connectivity index (χ4n) is 1.90. The first-order chi connectivity index (χ1) is 12.8. The number of aromatic nitrogens is 2. The van der Waals surface area contributed by atoms with E-state index in [2.05, 4.69) is 5.10 Å². The van der Waals surface area contributed by atoms with Crippen molar-refractivity contribution >= 4 is 12.7 Å². The molecule has 0 spiro atoms. The van der Waals surface area contributed by atoms with E-state index in [1.165, 1.54) is 0 Å². The Morgan fingerprint density at radius 2 is 1.73 bits per heavy atom. The molecule has 5 nitrogen and oxygen atoms in total. The maximum Gasteiger partial charge on any atom is 0.516 e. The Kier molecular flexibility index (Phi) is 2.07. The van der Waals surface area contributed by atoms with Gasteiger partial charge in [-0.05, 0) is 57.9 Å². The molecule has 6 heteroatoms. The molecule has 3 rings (SSSR count). The summed E-state index contributed by atoms with van der Waals surface area (Å²) >= 11 is 0. The molecular formula is C16H18BN3O2. The molecule has 0 amide bonds. The third-order valence-electron chi connectivity index (χ3n) is 3.91. The molecule has 1 saturated heterocycles. The average Bonchev–Trinajstić information content (AvgIpc) is 3.00. The molecule has 0 saturated carbocycles. The van der Waals surface area contributed by atoms with Crippen LogP contribution in [0.1, 0.15) is 41.5 Å². The van der Waals surface area contributed by atoms with E-state index in [0.717, 1.165) is 4.68 Å². The Labute approximate surface area is 139 Å². The summed E-state index contributed by atoms with van der Waals surface area (Å²) in [5.74, 6) is 0. The highest BCUT2D eigenvalue weighted by molar-refractivity contribution is 6.61. The van der Waals surface area contributed by atoms with Crippen LogP contribution in [0.2, 0.25) is 0 Å². The summed E-state index contributed by atoms with van der Waals surface area (Å²) in [4.78, 5) is 0. The van der Waals surface area contributed by atoms with Crippen molar-refractivity contribution in [1.82, 2.24) is 9.78 Å². The van der Waals surface area contributed by atoms with E-state index in [0.29, 0.717) is 0 Å². The second-order valence-corrected chi connectivity index (χ2v) is 5.96. The molecule has 0 radical (unpaired) electrons. The molecule has 0 aliphatic carbocycles. The lowest BCUT2D eigenvalue weighted by molar-refractivity contribution is 0.00578. The predicted octanol–water partition coefficient (Wildman–Crippen LogP) is 2.04. The van der Waals surface area contributed by atoms with Crippen molar-refractivity contribution < 1.29 is 17.5 Å². The molecule has 1 aromatic heterocycles. The predicted molar refractivity (Wildman–Crippen MR) is 84.0 cm³/mol. The summed E-state index contributed by atoms with van der Waals surface area (Å²) in [6, 6.07) is -0.756. The van der Waals surface area contributed by atoms with Gasteiger partial charge in [-0.15, -0.1) is 0 Å². The number of hydrogen-bond acceptors (Lipinski definition) is 4. The lowest BCUT2D eigenvalue weighted by atomic mass is 9.85. The SMILES string of the molecule is [2H]c1c([2H])c(-n2nc(B3OC(C)(C)C(C)(C)O3)c([2H])c2[2H])c([2H])c([2H])c1C#N. The minimum absolute atomic E-state index is 0.00451. The smallest absolute Gasteiger partial charge is 0.398 e. The zero-order valence-corrected chi connectivity index (χ0v) is 12.7. The minimum atomic E-state index is -1.02. The highest BCUT2D eigenvalue weighted by atomic mass is 16.7. The van der Waals surface area contributed by atoms with Gasteiger partial charge in [-0.25, -0.2) is 4.68 Å². The van der Waals surface area contributed by atoms with Crippen molar-refractivity contribution in [2.24, 2.45) is 0 Å². The van der Waals surface area contributed by atoms with E-state index >= 15 is 0 Å². The topological polar surface area (TPSA) is 60.1 Å². The van der Waals surface area contributed by atoms with Crippen LogP contribution in [0.15, 0.2) is 36.4 Å². The number of hydrogen-bond donors (Lipinski definition) is 0. The molecule has 1 aliphatic heterocycles. The fourth-order valence-corrected chi connectivity index (χ4v) is 1.90. The van der Waals surface area contributed by atoms with Gasteiger partial charge in [0, 0.05) is 6.17 Å². The van der Waals surface area contributed by atoms with Gasteiger partial charge in [0.15, 0.2) is 0 Å². The van der Waals surface area contributed by atoms with Crippen molar-refractivity contribution in [3.63, 3.8) is 0 Å². The second kappa shape index (κ2) is 4.97. The van der Waals surface area contributed by atoms with Crippen molar-refractivity contribution in [3.8, 4) is 11.8 Å². The molecule has 22 heavy (non-hydrogen) atoms. The van der Waals surface area contributed by atoms with Crippen LogP contribution >= 0.6 is 0 Å². The Hall–Kier alpha value is -2.10. The van der Waals surface area contributed by atoms with Crippen LogP contribution in [0.5, 0.6) is 0 Å². The van der Waals surface area contributed by atoms with Gasteiger partial charge in [0.1, 0.15) is 0 Å². The molecule has 0 unspecified atom stereocenters. The monoisotopic (exact) mass is 301 g/mol. The van der Waals surface area contributed by atoms with Crippen LogP contribution in [0, 0.1) is 11.3 Å². The third-order valence-corrected chi connectivity index (χ3v) is 3.91. The molecule has 112 valence electrons. The molecule has 0 N–H and O–H groups in total. The van der Waals surface area contributed by atoms with E-state index < -0.39 is 54.2 Å². The second-order valence-electron chi connectivity index (χ2n) is 5.96. The van der Waals surface area contributed by atoms with Crippen LogP contribution in [-0.2, 0) is 9.31 Å². The van der Waals surface area contributed by atoms with Crippen molar-refractivity contribution in [1.29, 1.82) is 5.26 Å². The average molecular weight is 301 g/mol. The van der Waals surface area contributed by atoms with Gasteiger partial charge in [0.2, 0.25) is 0 Å². The molecule has 1 fully saturated rings. The maximum atomic E-state index is 9.07. The van der Waals surface area contributed by atoms with Gasteiger partial charge >= 0.3 is 7.12 Å². The summed E-state index contributed by atoms with van der Waals surface area (Å²) in [6.45, 7) is 7.33. The number of nitriles is 1. The largest absolute Gasteiger partial charge is 0.516 e. The Morgan fingerprint density at radius 3 is 2.27 bits per heavy atom. The molecule has 1 aromatic carbocycles. The third kappa shape index (κ3) is 2.43. The summed E-state index contributed by atoms with van der Waals surface area (Å²) in [6.07, 6.45) is -0.435. The van der Waals surface area contributed by atoms with Crippen LogP contribution in [-0.4, -0.2) is 28.1 Å². The van der Waals surface area contributed by atoms with Crippen molar-refractivity contribution in [2.45, 2.75) is 38.9 Å². The summed E-state index contributed by atoms with van der Waals surface area (Å²) < 4.78 is 61.1. The van der Waals surface area contributed by atoms with E-state index in [9.17, 15) is 0 Å². The van der Waals surface area contributed by atoms with Crippen molar-refractivity contribution in [3.05, 3.63) is 41.9 Å². The highest BCUT2D eigenvalue weighted by Crippen LogP contribution is 2.36. The van der Waals surface area contributed by atoms with Crippen molar-refractivity contribution in [2.75, 3.05) is 0 Å². The molecular weight excluding hydrogens is 277 g/mol. The maximum absolute atomic E-state index is 9.07. The fraction of sp³-hybridized carbons (Fsp3) is 0.375. The van der Waals surface area contributed by atoms with Gasteiger partial charge in [0.25, 0.3) is 0 Å². The quantitative estimate of drug-likeness (QED) is 0.797. The molecule has 2 heterocycles. The Morgan fingerprint density at radius 1 is 1.14 bits per heavy atom. The van der Waals surface area contributed by atoms with Crippen LogP contribution in [0.4, 0.5) is 0 Å². The van der Waals surface area contributed by atoms with Crippen LogP contribution < -0.4 is 5.59 Å². The number of rotatable bonds is 2. The van der Waals surface area contributed by atoms with E-state index in [1.54, 1.807) is 6.07 Å². The summed E-state index contributed by atoms with van der Waals surface area (Å²) in [7, 11) is -1.02. The van der Waals surface area contributed by atoms with Gasteiger partial charge in [-0.2, -0.15) is 10.4 Å². The lowest BCUT2D eigenvalue weighted by Gasteiger charge is -2.32. The Bertz CT molecular complexity index is 986. The van der Waals surface area contributed by atoms with Gasteiger partial charge < -0.3 is 9.31 Å². The molecule has 1 aliphatic rings. The van der Waals surface area contributed by atoms with E-state index in [4.69, 9.17) is 22.8 Å². The summed E-state index contributed by atoms with van der Waals surface area (Å²) in [5, 5.41) is 13.2. The molecule has 0 atom stereocenters. The number of benzene rings is 1. The van der Waals surface area contributed by atoms with Gasteiger partial charge in [0.05, 0.1) is 42.3 Å². The highest BCUT2D eigenvalue weighted by Gasteiger charge is 2.52. The standard InChI is InChI=1S/C16H18BN3O2/c1-15(2)16(3,4)22-17(21-15)14-9-10-20(19-14)13-7-5-12(11-18)6-8-13/h5-10H,1-4H3/i5D,6D,7D,8D,9D,10D. The van der Waals surface area contributed by atoms with Gasteiger partial charge in [-0.3, -0.25) is 0 Å². The molecule has 2 aromatic rings. The summed E-state index contributed by atoms with van der Waals surface area (Å²) in [5.41, 5.74) is -2.07. The number of nitrogens with zero attached hydrogens (tertiary/aromatic N) is 3. The zero-order valence-electron chi connectivity index (χ0n) is 18.7. The van der Waals surface area contributed by atoms with Gasteiger partial charge in [-0.1, -0.05) is 0 Å². The van der Waals surface area contributed by atoms with Crippen LogP contribution in [0.3, 0.4) is 0 Å². The minimum Gasteiger partial charge on any atom is -0.398 e. The van der Waals surface area contributed by atoms with E-state index in [-0.39, 0.29) is 17.3 Å². The first kappa shape index (κ1) is 9.14. The van der Waals surface area contributed by atoms with Crippen LogP contribution in [0.25, 0.3) is 5.69 Å². The van der Waals surface area contributed by atoms with E-state index in [1.807, 2.05) is 27.7 Å². The lowest BCUT2D eigenvalue weighted by Crippen LogP contribution is -2.41. The Balaban J connectivity index is 2.18. The molecule has 0 bridgehead atoms. The normalized spacial score (nSPS) is 23.0.